The molecule has 1 fully saturated rings. The second-order valence-corrected chi connectivity index (χ2v) is 11.1. The summed E-state index contributed by atoms with van der Waals surface area (Å²) in [6, 6.07) is 20.5. The third kappa shape index (κ3) is 5.63. The highest BCUT2D eigenvalue weighted by Crippen LogP contribution is 2.48. The normalized spacial score (nSPS) is 16.1. The van der Waals surface area contributed by atoms with E-state index in [1.807, 2.05) is 24.3 Å². The van der Waals surface area contributed by atoms with Crippen molar-refractivity contribution in [3.63, 3.8) is 0 Å². The lowest BCUT2D eigenvalue weighted by Crippen LogP contribution is -2.46. The number of piperazine rings is 1. The third-order valence-electron chi connectivity index (χ3n) is 7.68. The van der Waals surface area contributed by atoms with Crippen LogP contribution in [0.5, 0.6) is 0 Å². The van der Waals surface area contributed by atoms with Gasteiger partial charge in [-0.15, -0.1) is 12.4 Å². The summed E-state index contributed by atoms with van der Waals surface area (Å²) in [6.07, 6.45) is 2.03. The first-order valence-corrected chi connectivity index (χ1v) is 13.6. The Bertz CT molecular complexity index is 1270. The summed E-state index contributed by atoms with van der Waals surface area (Å²) in [7, 11) is 0. The Morgan fingerprint density at radius 1 is 0.892 bits per heavy atom. The Morgan fingerprint density at radius 2 is 1.62 bits per heavy atom. The van der Waals surface area contributed by atoms with Crippen LogP contribution in [0.3, 0.4) is 0 Å². The maximum atomic E-state index is 12.9. The van der Waals surface area contributed by atoms with Gasteiger partial charge in [-0.3, -0.25) is 9.69 Å². The Labute approximate surface area is 236 Å². The van der Waals surface area contributed by atoms with Crippen LogP contribution >= 0.6 is 35.6 Å². The van der Waals surface area contributed by atoms with Crippen LogP contribution in [0.25, 0.3) is 11.1 Å². The van der Waals surface area contributed by atoms with Crippen LogP contribution in [0.4, 0.5) is 5.69 Å². The number of rotatable bonds is 7. The summed E-state index contributed by atoms with van der Waals surface area (Å²) in [5, 5.41) is 4.37. The molecule has 0 saturated carbocycles. The molecule has 5 rings (SSSR count). The maximum absolute atomic E-state index is 12.9. The molecule has 1 aliphatic carbocycles. The zero-order valence-corrected chi connectivity index (χ0v) is 23.7. The quantitative estimate of drug-likeness (QED) is 0.316. The molecule has 4 nitrogen and oxygen atoms in total. The van der Waals surface area contributed by atoms with Gasteiger partial charge in [0.05, 0.1) is 15.7 Å². The smallest absolute Gasteiger partial charge is 0.251 e. The van der Waals surface area contributed by atoms with Crippen molar-refractivity contribution in [2.45, 2.75) is 32.1 Å². The lowest BCUT2D eigenvalue weighted by Gasteiger charge is -2.36. The van der Waals surface area contributed by atoms with E-state index in [4.69, 9.17) is 23.2 Å². The first-order valence-electron chi connectivity index (χ1n) is 12.8. The van der Waals surface area contributed by atoms with Gasteiger partial charge in [-0.05, 0) is 65.9 Å². The van der Waals surface area contributed by atoms with Gasteiger partial charge in [0.25, 0.3) is 5.91 Å². The lowest BCUT2D eigenvalue weighted by atomic mass is 9.82. The highest BCUT2D eigenvalue weighted by molar-refractivity contribution is 6.43. The van der Waals surface area contributed by atoms with E-state index in [1.54, 1.807) is 0 Å². The fraction of sp³-hybridized carbons (Fsp3) is 0.367. The molecule has 1 aliphatic heterocycles. The van der Waals surface area contributed by atoms with Crippen molar-refractivity contribution in [2.24, 2.45) is 0 Å². The van der Waals surface area contributed by atoms with E-state index >= 15 is 0 Å². The zero-order chi connectivity index (χ0) is 25.3. The Balaban J connectivity index is 0.00000320. The number of amides is 1. The molecule has 0 spiro atoms. The number of carbonyl (C=O) groups excluding carboxylic acids is 1. The van der Waals surface area contributed by atoms with Gasteiger partial charge in [-0.1, -0.05) is 73.4 Å². The number of nitrogens with zero attached hydrogens (tertiary/aromatic N) is 2. The molecule has 1 amide bonds. The number of benzene rings is 3. The van der Waals surface area contributed by atoms with Gasteiger partial charge in [-0.25, -0.2) is 0 Å². The van der Waals surface area contributed by atoms with E-state index in [0.717, 1.165) is 56.8 Å². The van der Waals surface area contributed by atoms with Gasteiger partial charge in [0, 0.05) is 43.7 Å². The van der Waals surface area contributed by atoms with Gasteiger partial charge in [0.2, 0.25) is 0 Å². The van der Waals surface area contributed by atoms with Gasteiger partial charge < -0.3 is 10.2 Å². The summed E-state index contributed by atoms with van der Waals surface area (Å²) < 4.78 is 0. The molecule has 1 heterocycles. The van der Waals surface area contributed by atoms with Crippen molar-refractivity contribution in [2.75, 3.05) is 44.2 Å². The number of hydrogen-bond acceptors (Lipinski definition) is 3. The number of carbonyl (C=O) groups is 1. The number of hydrogen-bond donors (Lipinski definition) is 1. The molecule has 37 heavy (non-hydrogen) atoms. The molecule has 0 radical (unpaired) electrons. The molecule has 3 aromatic carbocycles. The van der Waals surface area contributed by atoms with Gasteiger partial charge in [0.15, 0.2) is 0 Å². The Hall–Kier alpha value is -2.24. The molecule has 0 aromatic heterocycles. The fourth-order valence-electron chi connectivity index (χ4n) is 5.56. The summed E-state index contributed by atoms with van der Waals surface area (Å²) >= 11 is 12.6. The molecular weight excluding hydrogens is 525 g/mol. The molecular formula is C30H34Cl3N3O. The summed E-state index contributed by atoms with van der Waals surface area (Å²) in [5.74, 6) is 0.0107. The molecule has 1 saturated heterocycles. The van der Waals surface area contributed by atoms with Crippen molar-refractivity contribution in [3.8, 4) is 11.1 Å². The molecule has 3 aromatic rings. The number of halogens is 3. The van der Waals surface area contributed by atoms with E-state index in [2.05, 4.69) is 65.4 Å². The molecule has 0 atom stereocenters. The van der Waals surface area contributed by atoms with Crippen molar-refractivity contribution in [3.05, 3.63) is 87.4 Å². The summed E-state index contributed by atoms with van der Waals surface area (Å²) in [5.41, 5.74) is 6.75. The van der Waals surface area contributed by atoms with Crippen molar-refractivity contribution in [1.29, 1.82) is 0 Å². The summed E-state index contributed by atoms with van der Waals surface area (Å²) in [6.45, 7) is 10.1. The van der Waals surface area contributed by atoms with Crippen LogP contribution in [0.2, 0.25) is 10.0 Å². The van der Waals surface area contributed by atoms with Crippen molar-refractivity contribution in [1.82, 2.24) is 10.2 Å². The Kier molecular flexibility index (Phi) is 8.75. The highest BCUT2D eigenvalue weighted by atomic mass is 35.5. The van der Waals surface area contributed by atoms with E-state index in [1.165, 1.54) is 22.3 Å². The first kappa shape index (κ1) is 27.8. The minimum absolute atomic E-state index is 0. The second kappa shape index (κ2) is 11.7. The van der Waals surface area contributed by atoms with Crippen molar-refractivity contribution >= 4 is 47.2 Å². The monoisotopic (exact) mass is 557 g/mol. The average Bonchev–Trinajstić information content (AvgIpc) is 3.12. The fourth-order valence-corrected chi connectivity index (χ4v) is 5.97. The number of anilines is 1. The standard InChI is InChI=1S/C30H33Cl2N3O.ClH/c1-30(2)24-9-4-3-8-22(24)23-13-12-21(20-25(23)30)29(36)33-14-5-6-15-34-16-18-35(19-17-34)27-11-7-10-26(31)28(27)32;/h3-4,7-13,20H,5-6,14-19H2,1-2H3,(H,33,36);1H. The Morgan fingerprint density at radius 3 is 2.41 bits per heavy atom. The van der Waals surface area contributed by atoms with E-state index in [0.29, 0.717) is 16.6 Å². The molecule has 7 heteroatoms. The third-order valence-corrected chi connectivity index (χ3v) is 8.49. The van der Waals surface area contributed by atoms with E-state index in [-0.39, 0.29) is 23.7 Å². The SMILES string of the molecule is CC1(C)c2ccccc2-c2ccc(C(=O)NCCCCN3CCN(c4cccc(Cl)c4Cl)CC3)cc21.Cl. The van der Waals surface area contributed by atoms with Crippen LogP contribution < -0.4 is 10.2 Å². The summed E-state index contributed by atoms with van der Waals surface area (Å²) in [4.78, 5) is 17.7. The molecule has 1 N–H and O–H groups in total. The number of unbranched alkanes of at least 4 members (excludes halogenated alkanes) is 1. The first-order chi connectivity index (χ1) is 17.4. The molecule has 0 unspecified atom stereocenters. The molecule has 196 valence electrons. The average molecular weight is 559 g/mol. The second-order valence-electron chi connectivity index (χ2n) is 10.3. The van der Waals surface area contributed by atoms with Crippen LogP contribution in [-0.4, -0.2) is 50.1 Å². The van der Waals surface area contributed by atoms with Crippen LogP contribution in [0.15, 0.2) is 60.7 Å². The zero-order valence-electron chi connectivity index (χ0n) is 21.4. The highest BCUT2D eigenvalue weighted by Gasteiger charge is 2.35. The van der Waals surface area contributed by atoms with E-state index in [9.17, 15) is 4.79 Å². The van der Waals surface area contributed by atoms with Gasteiger partial charge in [-0.2, -0.15) is 0 Å². The molecule has 2 aliphatic rings. The molecule has 0 bridgehead atoms. The van der Waals surface area contributed by atoms with Crippen molar-refractivity contribution < 1.29 is 4.79 Å². The predicted molar refractivity (Wildman–Crippen MR) is 158 cm³/mol. The van der Waals surface area contributed by atoms with Crippen LogP contribution in [0, 0.1) is 0 Å². The predicted octanol–water partition coefficient (Wildman–Crippen LogP) is 7.05. The van der Waals surface area contributed by atoms with Crippen LogP contribution in [0.1, 0.15) is 48.2 Å². The minimum atomic E-state index is -0.0929. The maximum Gasteiger partial charge on any atom is 0.251 e. The largest absolute Gasteiger partial charge is 0.368 e. The topological polar surface area (TPSA) is 35.6 Å². The van der Waals surface area contributed by atoms with Gasteiger partial charge in [0.1, 0.15) is 0 Å². The van der Waals surface area contributed by atoms with Crippen LogP contribution in [-0.2, 0) is 5.41 Å². The number of nitrogens with one attached hydrogen (secondary N) is 1. The minimum Gasteiger partial charge on any atom is -0.368 e. The lowest BCUT2D eigenvalue weighted by molar-refractivity contribution is 0.0952. The van der Waals surface area contributed by atoms with Gasteiger partial charge >= 0.3 is 0 Å². The van der Waals surface area contributed by atoms with E-state index < -0.39 is 0 Å². The number of fused-ring (bicyclic) bond motifs is 3.